The maximum atomic E-state index is 14.7. The van der Waals surface area contributed by atoms with Crippen LogP contribution in [0.25, 0.3) is 22.2 Å². The molecule has 3 atom stereocenters. The molecule has 324 valence electrons. The predicted octanol–water partition coefficient (Wildman–Crippen LogP) is 6.07. The average Bonchev–Trinajstić information content (AvgIpc) is 4.13. The fraction of sp³-hybridized carbons (Fsp3) is 0.457. The Bertz CT molecular complexity index is 2420. The number of likely N-dealkylation sites (tertiary alicyclic amines) is 1. The lowest BCUT2D eigenvalue weighted by atomic mass is 9.85. The van der Waals surface area contributed by atoms with E-state index in [0.29, 0.717) is 40.9 Å². The molecule has 4 aromatic rings. The molecule has 1 saturated heterocycles. The summed E-state index contributed by atoms with van der Waals surface area (Å²) < 4.78 is 46.4. The lowest BCUT2D eigenvalue weighted by Gasteiger charge is -2.36. The maximum Gasteiger partial charge on any atom is 0.408 e. The largest absolute Gasteiger partial charge is 0.497 e. The summed E-state index contributed by atoms with van der Waals surface area (Å²) in [7, 11) is -2.54. The highest BCUT2D eigenvalue weighted by Crippen LogP contribution is 2.47. The summed E-state index contributed by atoms with van der Waals surface area (Å²) in [6.45, 7) is 10.5. The summed E-state index contributed by atoms with van der Waals surface area (Å²) in [4.78, 5) is 62.5. The molecule has 15 heteroatoms. The molecule has 3 fully saturated rings. The van der Waals surface area contributed by atoms with Crippen molar-refractivity contribution in [2.75, 3.05) is 13.7 Å². The predicted molar refractivity (Wildman–Crippen MR) is 230 cm³/mol. The van der Waals surface area contributed by atoms with Gasteiger partial charge in [-0.05, 0) is 76.0 Å². The van der Waals surface area contributed by atoms with Crippen LogP contribution in [0.4, 0.5) is 4.79 Å². The number of nitrogens with one attached hydrogen (secondary N) is 3. The van der Waals surface area contributed by atoms with E-state index in [1.54, 1.807) is 60.8 Å². The molecule has 3 aliphatic rings. The summed E-state index contributed by atoms with van der Waals surface area (Å²) >= 11 is 0. The van der Waals surface area contributed by atoms with Crippen molar-refractivity contribution in [3.8, 4) is 22.8 Å². The van der Waals surface area contributed by atoms with Crippen LogP contribution in [-0.4, -0.2) is 89.8 Å². The second kappa shape index (κ2) is 16.3. The van der Waals surface area contributed by atoms with Gasteiger partial charge < -0.3 is 29.7 Å². The molecule has 2 saturated carbocycles. The van der Waals surface area contributed by atoms with Crippen LogP contribution >= 0.6 is 0 Å². The Morgan fingerprint density at radius 3 is 2.13 bits per heavy atom. The van der Waals surface area contributed by atoms with Crippen LogP contribution in [0, 0.1) is 5.41 Å². The number of methoxy groups -OCH3 is 1. The lowest BCUT2D eigenvalue weighted by Crippen LogP contribution is -2.60. The molecule has 1 aromatic heterocycles. The summed E-state index contributed by atoms with van der Waals surface area (Å²) in [5.74, 6) is -0.931. The number of fused-ring (bicyclic) bond motifs is 1. The smallest absolute Gasteiger partial charge is 0.408 e. The second-order valence-electron chi connectivity index (χ2n) is 18.5. The van der Waals surface area contributed by atoms with E-state index >= 15 is 0 Å². The van der Waals surface area contributed by atoms with Gasteiger partial charge in [0.05, 0.1) is 29.6 Å². The highest BCUT2D eigenvalue weighted by molar-refractivity contribution is 7.91. The highest BCUT2D eigenvalue weighted by atomic mass is 32.2. The number of rotatable bonds is 13. The Morgan fingerprint density at radius 2 is 1.54 bits per heavy atom. The molecule has 3 N–H and O–H groups in total. The van der Waals surface area contributed by atoms with E-state index in [2.05, 4.69) is 15.4 Å². The van der Waals surface area contributed by atoms with Gasteiger partial charge in [0.2, 0.25) is 21.8 Å². The van der Waals surface area contributed by atoms with E-state index < -0.39 is 73.3 Å². The van der Waals surface area contributed by atoms with Crippen LogP contribution in [0.15, 0.2) is 84.9 Å². The van der Waals surface area contributed by atoms with Crippen molar-refractivity contribution in [2.45, 2.75) is 114 Å². The minimum Gasteiger partial charge on any atom is -0.497 e. The molecule has 2 aliphatic carbocycles. The van der Waals surface area contributed by atoms with E-state index in [1.807, 2.05) is 72.8 Å². The SMILES string of the molecule is COc1ccc2c(OC3CC(C(=O)NC4(C(=O)NS(=O)(=O)C5(Cc6ccccc6)CC5)CC4)N(C(=O)C(NC(=O)OC(C)(C)C)C(C)(C)C)C3)cc(-c3ccccc3)nc2c1. The van der Waals surface area contributed by atoms with Gasteiger partial charge in [0.1, 0.15) is 40.8 Å². The van der Waals surface area contributed by atoms with Crippen LogP contribution < -0.4 is 24.8 Å². The van der Waals surface area contributed by atoms with Gasteiger partial charge in [-0.15, -0.1) is 0 Å². The van der Waals surface area contributed by atoms with E-state index in [-0.39, 0.29) is 32.2 Å². The molecule has 14 nitrogen and oxygen atoms in total. The maximum absolute atomic E-state index is 14.7. The number of hydrogen-bond acceptors (Lipinski definition) is 10. The topological polar surface area (TPSA) is 182 Å². The van der Waals surface area contributed by atoms with Crippen molar-refractivity contribution >= 4 is 44.7 Å². The number of hydrogen-bond donors (Lipinski definition) is 3. The van der Waals surface area contributed by atoms with Gasteiger partial charge in [-0.1, -0.05) is 81.4 Å². The number of ether oxygens (including phenoxy) is 3. The van der Waals surface area contributed by atoms with Gasteiger partial charge in [0, 0.05) is 29.5 Å². The number of carbonyl (C=O) groups is 4. The normalized spacial score (nSPS) is 19.6. The molecule has 7 rings (SSSR count). The average molecular weight is 854 g/mol. The Kier molecular flexibility index (Phi) is 11.6. The fourth-order valence-electron chi connectivity index (χ4n) is 7.78. The van der Waals surface area contributed by atoms with Crippen molar-refractivity contribution in [2.24, 2.45) is 5.41 Å². The molecule has 1 aliphatic heterocycles. The van der Waals surface area contributed by atoms with Crippen LogP contribution in [0.3, 0.4) is 0 Å². The molecular formula is C46H55N5O9S. The van der Waals surface area contributed by atoms with E-state index in [0.717, 1.165) is 11.1 Å². The number of benzene rings is 3. The molecule has 2 heterocycles. The third-order valence-electron chi connectivity index (χ3n) is 11.5. The molecule has 3 aromatic carbocycles. The zero-order valence-corrected chi connectivity index (χ0v) is 36.6. The molecule has 3 unspecified atom stereocenters. The van der Waals surface area contributed by atoms with Crippen LogP contribution in [0.1, 0.15) is 79.2 Å². The van der Waals surface area contributed by atoms with Gasteiger partial charge in [-0.3, -0.25) is 19.1 Å². The first kappa shape index (κ1) is 43.4. The monoisotopic (exact) mass is 853 g/mol. The minimum atomic E-state index is -4.11. The first-order valence-corrected chi connectivity index (χ1v) is 22.1. The van der Waals surface area contributed by atoms with Crippen molar-refractivity contribution in [3.05, 3.63) is 90.5 Å². The van der Waals surface area contributed by atoms with Crippen LogP contribution in [0.5, 0.6) is 11.5 Å². The van der Waals surface area contributed by atoms with Crippen molar-refractivity contribution in [1.82, 2.24) is 25.2 Å². The number of aromatic nitrogens is 1. The third kappa shape index (κ3) is 9.61. The zero-order valence-electron chi connectivity index (χ0n) is 35.7. The van der Waals surface area contributed by atoms with Crippen molar-refractivity contribution in [3.63, 3.8) is 0 Å². The van der Waals surface area contributed by atoms with E-state index in [9.17, 15) is 27.6 Å². The first-order chi connectivity index (χ1) is 28.7. The van der Waals surface area contributed by atoms with Gasteiger partial charge >= 0.3 is 6.09 Å². The Hall–Kier alpha value is -5.70. The quantitative estimate of drug-likeness (QED) is 0.143. The van der Waals surface area contributed by atoms with Crippen LogP contribution in [0.2, 0.25) is 0 Å². The van der Waals surface area contributed by atoms with Crippen molar-refractivity contribution in [1.29, 1.82) is 0 Å². The Labute approximate surface area is 357 Å². The second-order valence-corrected chi connectivity index (χ2v) is 20.6. The standard InChI is InChI=1S/C46H55N5O9S/c1-43(2,3)38(48-42(55)60-44(4,5)6)40(53)51-28-32(59-37-26-34(30-16-12-9-13-17-30)47-35-24-31(58-7)18-19-33(35)37)25-36(51)39(52)49-46(22-23-46)41(54)50-61(56,57)45(20-21-45)27-29-14-10-8-11-15-29/h8-19,24,26,32,36,38H,20-23,25,27-28H2,1-7H3,(H,48,55)(H,49,52)(H,50,54). The number of nitrogens with zero attached hydrogens (tertiary/aromatic N) is 2. The summed E-state index contributed by atoms with van der Waals surface area (Å²) in [6, 6.07) is 23.8. The van der Waals surface area contributed by atoms with Gasteiger partial charge in [-0.25, -0.2) is 18.2 Å². The van der Waals surface area contributed by atoms with Gasteiger partial charge in [0.25, 0.3) is 5.91 Å². The summed E-state index contributed by atoms with van der Waals surface area (Å²) in [5.41, 5.74) is -0.207. The molecular weight excluding hydrogens is 799 g/mol. The fourth-order valence-corrected chi connectivity index (χ4v) is 9.43. The Morgan fingerprint density at radius 1 is 0.885 bits per heavy atom. The first-order valence-electron chi connectivity index (χ1n) is 20.7. The third-order valence-corrected chi connectivity index (χ3v) is 13.6. The number of sulfonamides is 1. The summed E-state index contributed by atoms with van der Waals surface area (Å²) in [6.07, 6.45) is 0.00512. The lowest BCUT2D eigenvalue weighted by molar-refractivity contribution is -0.143. The van der Waals surface area contributed by atoms with Crippen LogP contribution in [-0.2, 0) is 35.6 Å². The van der Waals surface area contributed by atoms with Gasteiger partial charge in [0.15, 0.2) is 0 Å². The summed E-state index contributed by atoms with van der Waals surface area (Å²) in [5, 5.41) is 6.27. The zero-order chi connectivity index (χ0) is 44.0. The van der Waals surface area contributed by atoms with Crippen molar-refractivity contribution < 1.29 is 41.8 Å². The number of carbonyl (C=O) groups excluding carboxylic acids is 4. The molecule has 0 bridgehead atoms. The van der Waals surface area contributed by atoms with E-state index in [4.69, 9.17) is 19.2 Å². The number of pyridine rings is 1. The highest BCUT2D eigenvalue weighted by Gasteiger charge is 2.59. The van der Waals surface area contributed by atoms with Gasteiger partial charge in [-0.2, -0.15) is 0 Å². The molecule has 61 heavy (non-hydrogen) atoms. The number of alkyl carbamates (subject to hydrolysis) is 1. The molecule has 4 amide bonds. The molecule has 0 spiro atoms. The molecule has 0 radical (unpaired) electrons. The Balaban J connectivity index is 1.17. The number of amides is 4. The van der Waals surface area contributed by atoms with E-state index in [1.165, 1.54) is 4.90 Å². The minimum absolute atomic E-state index is 0.0255.